The highest BCUT2D eigenvalue weighted by Crippen LogP contribution is 2.36. The van der Waals surface area contributed by atoms with Crippen LogP contribution >= 0.6 is 0 Å². The molecular weight excluding hydrogens is 219 g/mol. The van der Waals surface area contributed by atoms with Crippen LogP contribution in [0.4, 0.5) is 19.0 Å². The fourth-order valence-corrected chi connectivity index (χ4v) is 2.23. The first-order valence-corrected chi connectivity index (χ1v) is 5.40. The van der Waals surface area contributed by atoms with Gasteiger partial charge in [0.2, 0.25) is 0 Å². The van der Waals surface area contributed by atoms with Gasteiger partial charge in [0.05, 0.1) is 6.04 Å². The summed E-state index contributed by atoms with van der Waals surface area (Å²) < 4.78 is 39.2. The van der Waals surface area contributed by atoms with E-state index < -0.39 is 11.9 Å². The molecule has 0 spiro atoms. The summed E-state index contributed by atoms with van der Waals surface area (Å²) in [5, 5.41) is 3.78. The summed E-state index contributed by atoms with van der Waals surface area (Å²) in [6.07, 6.45) is 0.147. The van der Waals surface area contributed by atoms with Crippen molar-refractivity contribution in [3.63, 3.8) is 0 Å². The first kappa shape index (κ1) is 11.3. The van der Waals surface area contributed by atoms with E-state index >= 15 is 0 Å². The van der Waals surface area contributed by atoms with Crippen LogP contribution in [0.15, 0.2) is 6.07 Å². The third kappa shape index (κ3) is 2.15. The number of halogens is 3. The van der Waals surface area contributed by atoms with Crippen LogP contribution in [0.25, 0.3) is 0 Å². The molecule has 1 heterocycles. The Morgan fingerprint density at radius 1 is 1.25 bits per heavy atom. The van der Waals surface area contributed by atoms with Crippen LogP contribution in [0.5, 0.6) is 0 Å². The molecule has 1 aliphatic rings. The van der Waals surface area contributed by atoms with Crippen molar-refractivity contribution in [1.82, 2.24) is 9.78 Å². The van der Waals surface area contributed by atoms with E-state index in [1.165, 1.54) is 0 Å². The van der Waals surface area contributed by atoms with E-state index in [2.05, 4.69) is 5.10 Å². The normalized spacial score (nSPS) is 18.9. The van der Waals surface area contributed by atoms with Gasteiger partial charge in [-0.3, -0.25) is 4.68 Å². The molecular formula is C10H14F3N3. The Bertz CT molecular complexity index is 364. The lowest BCUT2D eigenvalue weighted by Crippen LogP contribution is -2.21. The minimum absolute atomic E-state index is 0.0575. The second-order valence-corrected chi connectivity index (χ2v) is 4.19. The Hall–Kier alpha value is -1.20. The van der Waals surface area contributed by atoms with Crippen molar-refractivity contribution < 1.29 is 13.2 Å². The minimum Gasteiger partial charge on any atom is -0.382 e. The molecule has 2 rings (SSSR count). The van der Waals surface area contributed by atoms with Crippen LogP contribution < -0.4 is 5.73 Å². The summed E-state index contributed by atoms with van der Waals surface area (Å²) in [5.74, 6) is -0.0575. The van der Waals surface area contributed by atoms with Crippen LogP contribution in [0.2, 0.25) is 0 Å². The van der Waals surface area contributed by atoms with Crippen LogP contribution in [-0.4, -0.2) is 9.78 Å². The average molecular weight is 233 g/mol. The molecule has 0 amide bonds. The fraction of sp³-hybridized carbons (Fsp3) is 0.700. The molecule has 3 nitrogen and oxygen atoms in total. The molecule has 0 radical (unpaired) electrons. The van der Waals surface area contributed by atoms with Crippen LogP contribution in [0.3, 0.4) is 0 Å². The Kier molecular flexibility index (Phi) is 2.82. The van der Waals surface area contributed by atoms with Gasteiger partial charge in [-0.25, -0.2) is 0 Å². The summed E-state index contributed by atoms with van der Waals surface area (Å²) in [5.41, 5.74) is 4.63. The molecule has 0 bridgehead atoms. The molecule has 1 aliphatic carbocycles. The van der Waals surface area contributed by atoms with E-state index in [0.29, 0.717) is 0 Å². The largest absolute Gasteiger partial charge is 0.433 e. The van der Waals surface area contributed by atoms with Gasteiger partial charge < -0.3 is 5.73 Å². The first-order valence-electron chi connectivity index (χ1n) is 5.40. The van der Waals surface area contributed by atoms with Crippen molar-refractivity contribution >= 4 is 5.82 Å². The molecule has 1 fully saturated rings. The third-order valence-corrected chi connectivity index (χ3v) is 2.97. The first-order chi connectivity index (χ1) is 7.48. The van der Waals surface area contributed by atoms with Gasteiger partial charge in [-0.15, -0.1) is 0 Å². The van der Waals surface area contributed by atoms with Gasteiger partial charge in [-0.1, -0.05) is 19.3 Å². The summed E-state index contributed by atoms with van der Waals surface area (Å²) in [7, 11) is 0. The molecule has 16 heavy (non-hydrogen) atoms. The SMILES string of the molecule is Nc1cc(C(F)(F)F)n(C2CCCCC2)n1. The van der Waals surface area contributed by atoms with Gasteiger partial charge in [0.15, 0.2) is 0 Å². The standard InChI is InChI=1S/C10H14F3N3/c11-10(12,13)8-6-9(14)15-16(8)7-4-2-1-3-5-7/h6-7H,1-5H2,(H2,14,15). The highest BCUT2D eigenvalue weighted by molar-refractivity contribution is 5.31. The molecule has 6 heteroatoms. The zero-order chi connectivity index (χ0) is 11.8. The van der Waals surface area contributed by atoms with Crippen molar-refractivity contribution in [2.24, 2.45) is 0 Å². The van der Waals surface area contributed by atoms with Gasteiger partial charge in [-0.05, 0) is 12.8 Å². The van der Waals surface area contributed by atoms with Crippen molar-refractivity contribution in [1.29, 1.82) is 0 Å². The molecule has 1 aromatic rings. The van der Waals surface area contributed by atoms with Crippen molar-refractivity contribution in [3.05, 3.63) is 11.8 Å². The molecule has 0 aliphatic heterocycles. The zero-order valence-corrected chi connectivity index (χ0v) is 8.80. The van der Waals surface area contributed by atoms with E-state index in [0.717, 1.165) is 42.9 Å². The monoisotopic (exact) mass is 233 g/mol. The lowest BCUT2D eigenvalue weighted by Gasteiger charge is -2.24. The van der Waals surface area contributed by atoms with Gasteiger partial charge in [0, 0.05) is 6.07 Å². The summed E-state index contributed by atoms with van der Waals surface area (Å²) in [6, 6.07) is 0.761. The number of alkyl halides is 3. The summed E-state index contributed by atoms with van der Waals surface area (Å²) in [6.45, 7) is 0. The van der Waals surface area contributed by atoms with Crippen molar-refractivity contribution in [2.75, 3.05) is 5.73 Å². The number of nitrogen functional groups attached to an aromatic ring is 1. The number of nitrogens with two attached hydrogens (primary N) is 1. The quantitative estimate of drug-likeness (QED) is 0.810. The van der Waals surface area contributed by atoms with Gasteiger partial charge >= 0.3 is 6.18 Å². The maximum Gasteiger partial charge on any atom is 0.433 e. The van der Waals surface area contributed by atoms with E-state index in [1.54, 1.807) is 0 Å². The number of rotatable bonds is 1. The molecule has 0 saturated heterocycles. The Morgan fingerprint density at radius 3 is 2.44 bits per heavy atom. The highest BCUT2D eigenvalue weighted by Gasteiger charge is 2.37. The molecule has 1 saturated carbocycles. The van der Waals surface area contributed by atoms with Crippen LogP contribution in [-0.2, 0) is 6.18 Å². The minimum atomic E-state index is -4.37. The Balaban J connectivity index is 2.31. The van der Waals surface area contributed by atoms with Gasteiger partial charge in [0.25, 0.3) is 0 Å². The molecule has 1 aromatic heterocycles. The molecule has 2 N–H and O–H groups in total. The summed E-state index contributed by atoms with van der Waals surface area (Å²) in [4.78, 5) is 0. The van der Waals surface area contributed by atoms with Crippen molar-refractivity contribution in [2.45, 2.75) is 44.3 Å². The zero-order valence-electron chi connectivity index (χ0n) is 8.80. The number of nitrogens with zero attached hydrogens (tertiary/aromatic N) is 2. The Labute approximate surface area is 91.4 Å². The topological polar surface area (TPSA) is 43.8 Å². The molecule has 0 atom stereocenters. The molecule has 0 aromatic carbocycles. The number of hydrogen-bond acceptors (Lipinski definition) is 2. The lowest BCUT2D eigenvalue weighted by molar-refractivity contribution is -0.145. The van der Waals surface area contributed by atoms with E-state index in [-0.39, 0.29) is 11.9 Å². The van der Waals surface area contributed by atoms with Gasteiger partial charge in [0.1, 0.15) is 11.5 Å². The molecule has 90 valence electrons. The van der Waals surface area contributed by atoms with E-state index in [1.807, 2.05) is 0 Å². The fourth-order valence-electron chi connectivity index (χ4n) is 2.23. The van der Waals surface area contributed by atoms with E-state index in [4.69, 9.17) is 5.73 Å². The second-order valence-electron chi connectivity index (χ2n) is 4.19. The van der Waals surface area contributed by atoms with Crippen LogP contribution in [0.1, 0.15) is 43.8 Å². The lowest BCUT2D eigenvalue weighted by atomic mass is 9.95. The van der Waals surface area contributed by atoms with E-state index in [9.17, 15) is 13.2 Å². The smallest absolute Gasteiger partial charge is 0.382 e. The number of anilines is 1. The predicted octanol–water partition coefficient (Wildman–Crippen LogP) is 2.99. The summed E-state index contributed by atoms with van der Waals surface area (Å²) >= 11 is 0. The highest BCUT2D eigenvalue weighted by atomic mass is 19.4. The third-order valence-electron chi connectivity index (χ3n) is 2.97. The van der Waals surface area contributed by atoms with Gasteiger partial charge in [-0.2, -0.15) is 18.3 Å². The van der Waals surface area contributed by atoms with Crippen LogP contribution in [0, 0.1) is 0 Å². The Morgan fingerprint density at radius 2 is 1.88 bits per heavy atom. The average Bonchev–Trinajstić information content (AvgIpc) is 2.61. The number of hydrogen-bond donors (Lipinski definition) is 1. The predicted molar refractivity (Wildman–Crippen MR) is 53.8 cm³/mol. The maximum atomic E-state index is 12.7. The maximum absolute atomic E-state index is 12.7. The van der Waals surface area contributed by atoms with Crippen molar-refractivity contribution in [3.8, 4) is 0 Å². The molecule has 0 unspecified atom stereocenters. The second kappa shape index (κ2) is 3.99. The number of aromatic nitrogens is 2.